The first-order valence-electron chi connectivity index (χ1n) is 7.62. The Bertz CT molecular complexity index is 639. The maximum atomic E-state index is 14.2. The molecule has 0 saturated heterocycles. The van der Waals surface area contributed by atoms with Gasteiger partial charge in [-0.2, -0.15) is 0 Å². The molecule has 0 spiro atoms. The summed E-state index contributed by atoms with van der Waals surface area (Å²) in [6, 6.07) is 5.37. The molecule has 2 aromatic rings. The molecule has 0 amide bonds. The number of aromatic nitrogens is 2. The number of rotatable bonds is 6. The summed E-state index contributed by atoms with van der Waals surface area (Å²) in [7, 11) is 0. The number of anilines is 2. The highest BCUT2D eigenvalue weighted by molar-refractivity contribution is 5.49. The summed E-state index contributed by atoms with van der Waals surface area (Å²) >= 11 is 0. The van der Waals surface area contributed by atoms with Gasteiger partial charge in [0.1, 0.15) is 11.6 Å². The Morgan fingerprint density at radius 3 is 2.55 bits per heavy atom. The van der Waals surface area contributed by atoms with Crippen molar-refractivity contribution in [2.75, 3.05) is 23.3 Å². The molecule has 0 aliphatic rings. The molecular formula is C17H23FN4. The second-order valence-electron chi connectivity index (χ2n) is 5.26. The van der Waals surface area contributed by atoms with E-state index < -0.39 is 0 Å². The van der Waals surface area contributed by atoms with Gasteiger partial charge in [0, 0.05) is 25.8 Å². The summed E-state index contributed by atoms with van der Waals surface area (Å²) in [6.45, 7) is 9.96. The van der Waals surface area contributed by atoms with Gasteiger partial charge in [0.05, 0.1) is 17.1 Å². The van der Waals surface area contributed by atoms with Crippen molar-refractivity contribution in [3.8, 4) is 0 Å². The molecular weight excluding hydrogens is 279 g/mol. The number of hydrogen-bond acceptors (Lipinski definition) is 4. The minimum absolute atomic E-state index is 0.185. The molecule has 0 bridgehead atoms. The van der Waals surface area contributed by atoms with Gasteiger partial charge in [-0.25, -0.2) is 9.37 Å². The Kier molecular flexibility index (Phi) is 5.31. The molecule has 0 aliphatic heterocycles. The second-order valence-corrected chi connectivity index (χ2v) is 5.26. The smallest absolute Gasteiger partial charge is 0.148 e. The number of hydrogen-bond donors (Lipinski definition) is 1. The standard InChI is InChI=1S/C17H23FN4/c1-5-22(6-2)16-8-7-14(9-15(16)18)11-20-17-13(4)19-10-12(3)21-17/h7-10H,5-6,11H2,1-4H3,(H,20,21). The predicted octanol–water partition coefficient (Wildman–Crippen LogP) is 3.69. The van der Waals surface area contributed by atoms with Crippen molar-refractivity contribution in [2.24, 2.45) is 0 Å². The van der Waals surface area contributed by atoms with Gasteiger partial charge in [0.15, 0.2) is 0 Å². The van der Waals surface area contributed by atoms with Crippen molar-refractivity contribution in [3.63, 3.8) is 0 Å². The van der Waals surface area contributed by atoms with Crippen LogP contribution in [0.3, 0.4) is 0 Å². The molecule has 5 heteroatoms. The van der Waals surface area contributed by atoms with Crippen LogP contribution in [0.2, 0.25) is 0 Å². The van der Waals surface area contributed by atoms with E-state index in [1.54, 1.807) is 12.3 Å². The molecule has 1 heterocycles. The van der Waals surface area contributed by atoms with Crippen molar-refractivity contribution in [3.05, 3.63) is 47.2 Å². The first-order chi connectivity index (χ1) is 10.5. The summed E-state index contributed by atoms with van der Waals surface area (Å²) in [6.07, 6.45) is 1.74. The first-order valence-corrected chi connectivity index (χ1v) is 7.62. The van der Waals surface area contributed by atoms with Crippen molar-refractivity contribution < 1.29 is 4.39 Å². The van der Waals surface area contributed by atoms with E-state index in [1.165, 1.54) is 0 Å². The van der Waals surface area contributed by atoms with Crippen molar-refractivity contribution in [1.29, 1.82) is 0 Å². The fourth-order valence-electron chi connectivity index (χ4n) is 2.37. The van der Waals surface area contributed by atoms with Crippen molar-refractivity contribution >= 4 is 11.5 Å². The SMILES string of the molecule is CCN(CC)c1ccc(CNc2nc(C)cnc2C)cc1F. The van der Waals surface area contributed by atoms with Crippen LogP contribution < -0.4 is 10.2 Å². The van der Waals surface area contributed by atoms with Gasteiger partial charge >= 0.3 is 0 Å². The highest BCUT2D eigenvalue weighted by Gasteiger charge is 2.09. The van der Waals surface area contributed by atoms with E-state index >= 15 is 0 Å². The molecule has 0 radical (unpaired) electrons. The molecule has 1 N–H and O–H groups in total. The minimum Gasteiger partial charge on any atom is -0.370 e. The molecule has 1 aromatic carbocycles. The van der Waals surface area contributed by atoms with Crippen LogP contribution in [0.25, 0.3) is 0 Å². The number of nitrogens with one attached hydrogen (secondary N) is 1. The van der Waals surface area contributed by atoms with E-state index in [4.69, 9.17) is 0 Å². The van der Waals surface area contributed by atoms with Gasteiger partial charge in [-0.1, -0.05) is 6.07 Å². The summed E-state index contributed by atoms with van der Waals surface area (Å²) in [5.41, 5.74) is 3.23. The summed E-state index contributed by atoms with van der Waals surface area (Å²) < 4.78 is 14.2. The lowest BCUT2D eigenvalue weighted by Crippen LogP contribution is -2.23. The monoisotopic (exact) mass is 302 g/mol. The number of benzene rings is 1. The summed E-state index contributed by atoms with van der Waals surface area (Å²) in [5.74, 6) is 0.559. The molecule has 0 aliphatic carbocycles. The highest BCUT2D eigenvalue weighted by Crippen LogP contribution is 2.21. The highest BCUT2D eigenvalue weighted by atomic mass is 19.1. The molecule has 0 saturated carbocycles. The maximum absolute atomic E-state index is 14.2. The molecule has 0 atom stereocenters. The van der Waals surface area contributed by atoms with E-state index in [-0.39, 0.29) is 5.82 Å². The van der Waals surface area contributed by atoms with E-state index in [0.29, 0.717) is 12.2 Å². The zero-order chi connectivity index (χ0) is 16.1. The zero-order valence-corrected chi connectivity index (χ0v) is 13.7. The van der Waals surface area contributed by atoms with Crippen LogP contribution >= 0.6 is 0 Å². The lowest BCUT2D eigenvalue weighted by atomic mass is 10.1. The number of halogens is 1. The van der Waals surface area contributed by atoms with E-state index in [0.717, 1.165) is 35.9 Å². The van der Waals surface area contributed by atoms with E-state index in [2.05, 4.69) is 15.3 Å². The van der Waals surface area contributed by atoms with Crippen LogP contribution in [-0.4, -0.2) is 23.1 Å². The van der Waals surface area contributed by atoms with Crippen LogP contribution in [0.4, 0.5) is 15.9 Å². The van der Waals surface area contributed by atoms with Crippen LogP contribution in [0.5, 0.6) is 0 Å². The van der Waals surface area contributed by atoms with Gasteiger partial charge in [-0.15, -0.1) is 0 Å². The molecule has 1 aromatic heterocycles. The van der Waals surface area contributed by atoms with Gasteiger partial charge in [-0.3, -0.25) is 4.98 Å². The van der Waals surface area contributed by atoms with E-state index in [9.17, 15) is 4.39 Å². The second kappa shape index (κ2) is 7.20. The third-order valence-corrected chi connectivity index (χ3v) is 3.65. The van der Waals surface area contributed by atoms with Crippen molar-refractivity contribution in [1.82, 2.24) is 9.97 Å². The third kappa shape index (κ3) is 3.72. The Hall–Kier alpha value is -2.17. The normalized spacial score (nSPS) is 10.6. The average molecular weight is 302 g/mol. The van der Waals surface area contributed by atoms with Crippen LogP contribution in [0.15, 0.2) is 24.4 Å². The number of nitrogens with zero attached hydrogens (tertiary/aromatic N) is 3. The topological polar surface area (TPSA) is 41.0 Å². The number of aryl methyl sites for hydroxylation is 2. The van der Waals surface area contributed by atoms with E-state index in [1.807, 2.05) is 44.7 Å². The van der Waals surface area contributed by atoms with Crippen LogP contribution in [0, 0.1) is 19.7 Å². The maximum Gasteiger partial charge on any atom is 0.148 e. The Morgan fingerprint density at radius 1 is 1.18 bits per heavy atom. The first kappa shape index (κ1) is 16.2. The molecule has 118 valence electrons. The Balaban J connectivity index is 2.11. The predicted molar refractivity (Wildman–Crippen MR) is 88.8 cm³/mol. The lowest BCUT2D eigenvalue weighted by Gasteiger charge is -2.22. The molecule has 4 nitrogen and oxygen atoms in total. The third-order valence-electron chi connectivity index (χ3n) is 3.65. The van der Waals surface area contributed by atoms with Gasteiger partial charge in [0.25, 0.3) is 0 Å². The molecule has 2 rings (SSSR count). The molecule has 0 unspecified atom stereocenters. The Morgan fingerprint density at radius 2 is 1.91 bits per heavy atom. The molecule has 0 fully saturated rings. The fraction of sp³-hybridized carbons (Fsp3) is 0.412. The van der Waals surface area contributed by atoms with Crippen molar-refractivity contribution in [2.45, 2.75) is 34.2 Å². The van der Waals surface area contributed by atoms with Gasteiger partial charge in [-0.05, 0) is 45.4 Å². The van der Waals surface area contributed by atoms with Crippen LogP contribution in [0.1, 0.15) is 30.8 Å². The lowest BCUT2D eigenvalue weighted by molar-refractivity contribution is 0.618. The summed E-state index contributed by atoms with van der Waals surface area (Å²) in [4.78, 5) is 10.7. The minimum atomic E-state index is -0.185. The fourth-order valence-corrected chi connectivity index (χ4v) is 2.37. The summed E-state index contributed by atoms with van der Waals surface area (Å²) in [5, 5.41) is 3.22. The average Bonchev–Trinajstić information content (AvgIpc) is 2.51. The van der Waals surface area contributed by atoms with Gasteiger partial charge in [0.2, 0.25) is 0 Å². The largest absolute Gasteiger partial charge is 0.370 e. The van der Waals surface area contributed by atoms with Crippen LogP contribution in [-0.2, 0) is 6.54 Å². The zero-order valence-electron chi connectivity index (χ0n) is 13.7. The Labute approximate surface area is 131 Å². The quantitative estimate of drug-likeness (QED) is 0.883. The van der Waals surface area contributed by atoms with Gasteiger partial charge < -0.3 is 10.2 Å². The molecule has 22 heavy (non-hydrogen) atoms.